The van der Waals surface area contributed by atoms with Crippen LogP contribution >= 0.6 is 11.3 Å². The van der Waals surface area contributed by atoms with Crippen molar-refractivity contribution in [2.45, 2.75) is 39.2 Å². The maximum absolute atomic E-state index is 11.1. The number of nitrogens with two attached hydrogens (primary N) is 1. The van der Waals surface area contributed by atoms with Crippen molar-refractivity contribution in [2.75, 3.05) is 0 Å². The Balaban J connectivity index is 3.13. The fourth-order valence-electron chi connectivity index (χ4n) is 1.23. The average molecular weight is 271 g/mol. The van der Waals surface area contributed by atoms with Gasteiger partial charge in [-0.2, -0.15) is 0 Å². The molecule has 1 rings (SSSR count). The standard InChI is InChI=1S/C12H17NO4S/c1-6(10(13)14)17-7-5-8(12(2,3)4)18-9(7)11(15)16/h5-6H,1-4H3,(H2,13,14)(H,15,16). The van der Waals surface area contributed by atoms with E-state index in [1.807, 2.05) is 20.8 Å². The first-order chi connectivity index (χ1) is 8.12. The molecule has 1 unspecified atom stereocenters. The minimum absolute atomic E-state index is 0.0908. The molecule has 1 atom stereocenters. The molecule has 1 aromatic rings. The lowest BCUT2D eigenvalue weighted by molar-refractivity contribution is -0.124. The van der Waals surface area contributed by atoms with E-state index in [9.17, 15) is 9.59 Å². The molecule has 5 nitrogen and oxygen atoms in total. The van der Waals surface area contributed by atoms with Crippen molar-refractivity contribution < 1.29 is 19.4 Å². The fraction of sp³-hybridized carbons (Fsp3) is 0.500. The normalized spacial score (nSPS) is 13.1. The zero-order chi connectivity index (χ0) is 14.1. The lowest BCUT2D eigenvalue weighted by Crippen LogP contribution is -2.30. The van der Waals surface area contributed by atoms with E-state index in [2.05, 4.69) is 0 Å². The first kappa shape index (κ1) is 14.5. The molecule has 3 N–H and O–H groups in total. The molecular formula is C12H17NO4S. The van der Waals surface area contributed by atoms with E-state index in [0.717, 1.165) is 16.2 Å². The summed E-state index contributed by atoms with van der Waals surface area (Å²) in [4.78, 5) is 23.0. The van der Waals surface area contributed by atoms with Crippen LogP contribution in [0.1, 0.15) is 42.2 Å². The molecule has 0 fully saturated rings. The summed E-state index contributed by atoms with van der Waals surface area (Å²) in [5.41, 5.74) is 4.92. The summed E-state index contributed by atoms with van der Waals surface area (Å²) in [6.07, 6.45) is -0.856. The minimum Gasteiger partial charge on any atom is -0.479 e. The van der Waals surface area contributed by atoms with Crippen LogP contribution < -0.4 is 10.5 Å². The third-order valence-corrected chi connectivity index (χ3v) is 3.87. The van der Waals surface area contributed by atoms with Crippen LogP contribution in [0.5, 0.6) is 5.75 Å². The first-order valence-corrected chi connectivity index (χ1v) is 6.28. The number of hydrogen-bond acceptors (Lipinski definition) is 4. The highest BCUT2D eigenvalue weighted by atomic mass is 32.1. The van der Waals surface area contributed by atoms with E-state index in [-0.39, 0.29) is 16.0 Å². The molecule has 1 amide bonds. The van der Waals surface area contributed by atoms with Crippen molar-refractivity contribution in [3.05, 3.63) is 15.8 Å². The van der Waals surface area contributed by atoms with Gasteiger partial charge in [-0.1, -0.05) is 20.8 Å². The average Bonchev–Trinajstić information content (AvgIpc) is 2.60. The van der Waals surface area contributed by atoms with Gasteiger partial charge in [0.25, 0.3) is 5.91 Å². The highest BCUT2D eigenvalue weighted by Crippen LogP contribution is 2.37. The second kappa shape index (κ2) is 4.97. The minimum atomic E-state index is -1.07. The largest absolute Gasteiger partial charge is 0.479 e. The van der Waals surface area contributed by atoms with E-state index in [1.54, 1.807) is 6.07 Å². The molecule has 1 aromatic heterocycles. The molecule has 0 aliphatic rings. The highest BCUT2D eigenvalue weighted by Gasteiger charge is 2.25. The molecule has 0 saturated heterocycles. The summed E-state index contributed by atoms with van der Waals surface area (Å²) in [6.45, 7) is 7.42. The number of carbonyl (C=O) groups is 2. The molecule has 0 radical (unpaired) electrons. The summed E-state index contributed by atoms with van der Waals surface area (Å²) in [7, 11) is 0. The number of thiophene rings is 1. The van der Waals surface area contributed by atoms with Gasteiger partial charge in [-0.3, -0.25) is 4.79 Å². The van der Waals surface area contributed by atoms with Crippen LogP contribution in [0.15, 0.2) is 6.07 Å². The highest BCUT2D eigenvalue weighted by molar-refractivity contribution is 7.14. The Morgan fingerprint density at radius 2 is 2.00 bits per heavy atom. The molecule has 6 heteroatoms. The van der Waals surface area contributed by atoms with Gasteiger partial charge in [0.1, 0.15) is 5.75 Å². The van der Waals surface area contributed by atoms with Gasteiger partial charge < -0.3 is 15.6 Å². The Kier molecular flexibility index (Phi) is 4.01. The molecule has 0 aliphatic carbocycles. The number of aromatic carboxylic acids is 1. The Bertz CT molecular complexity index is 473. The van der Waals surface area contributed by atoms with Crippen LogP contribution in [0.25, 0.3) is 0 Å². The van der Waals surface area contributed by atoms with Crippen molar-refractivity contribution in [1.82, 2.24) is 0 Å². The number of carbonyl (C=O) groups excluding carboxylic acids is 1. The van der Waals surface area contributed by atoms with Gasteiger partial charge in [0.2, 0.25) is 0 Å². The molecule has 0 aromatic carbocycles. The lowest BCUT2D eigenvalue weighted by Gasteiger charge is -2.15. The molecular weight excluding hydrogens is 254 g/mol. The quantitative estimate of drug-likeness (QED) is 0.876. The third kappa shape index (κ3) is 3.22. The van der Waals surface area contributed by atoms with Gasteiger partial charge in [0.15, 0.2) is 11.0 Å². The Morgan fingerprint density at radius 1 is 1.44 bits per heavy atom. The lowest BCUT2D eigenvalue weighted by atomic mass is 9.95. The monoisotopic (exact) mass is 271 g/mol. The predicted octanol–water partition coefficient (Wildman–Crippen LogP) is 2.00. The van der Waals surface area contributed by atoms with E-state index >= 15 is 0 Å². The van der Waals surface area contributed by atoms with Gasteiger partial charge in [-0.25, -0.2) is 4.79 Å². The summed E-state index contributed by atoms with van der Waals surface area (Å²) >= 11 is 1.15. The number of carboxylic acid groups (broad SMARTS) is 1. The predicted molar refractivity (Wildman–Crippen MR) is 69.3 cm³/mol. The SMILES string of the molecule is CC(Oc1cc(C(C)(C)C)sc1C(=O)O)C(N)=O. The fourth-order valence-corrected chi connectivity index (χ4v) is 2.22. The van der Waals surface area contributed by atoms with Gasteiger partial charge in [-0.15, -0.1) is 11.3 Å². The zero-order valence-corrected chi connectivity index (χ0v) is 11.6. The summed E-state index contributed by atoms with van der Waals surface area (Å²) in [5.74, 6) is -1.50. The third-order valence-electron chi connectivity index (χ3n) is 2.34. The summed E-state index contributed by atoms with van der Waals surface area (Å²) in [5, 5.41) is 9.11. The van der Waals surface area contributed by atoms with Gasteiger partial charge in [0, 0.05) is 4.88 Å². The second-order valence-electron chi connectivity index (χ2n) is 5.02. The molecule has 0 bridgehead atoms. The van der Waals surface area contributed by atoms with E-state index in [0.29, 0.717) is 0 Å². The topological polar surface area (TPSA) is 89.6 Å². The summed E-state index contributed by atoms with van der Waals surface area (Å²) < 4.78 is 5.30. The van der Waals surface area contributed by atoms with Crippen molar-refractivity contribution >= 4 is 23.2 Å². The van der Waals surface area contributed by atoms with Crippen molar-refractivity contribution in [3.63, 3.8) is 0 Å². The van der Waals surface area contributed by atoms with Crippen LogP contribution in [0.3, 0.4) is 0 Å². The number of amides is 1. The van der Waals surface area contributed by atoms with E-state index < -0.39 is 18.0 Å². The van der Waals surface area contributed by atoms with Gasteiger partial charge >= 0.3 is 5.97 Å². The molecule has 1 heterocycles. The molecule has 0 aliphatic heterocycles. The second-order valence-corrected chi connectivity index (χ2v) is 6.07. The Hall–Kier alpha value is -1.56. The maximum atomic E-state index is 11.1. The van der Waals surface area contributed by atoms with Crippen LogP contribution in [-0.4, -0.2) is 23.1 Å². The van der Waals surface area contributed by atoms with Gasteiger partial charge in [-0.05, 0) is 18.4 Å². The van der Waals surface area contributed by atoms with E-state index in [4.69, 9.17) is 15.6 Å². The van der Waals surface area contributed by atoms with Crippen molar-refractivity contribution in [3.8, 4) is 5.75 Å². The van der Waals surface area contributed by atoms with Crippen LogP contribution in [0.2, 0.25) is 0 Å². The molecule has 0 spiro atoms. The number of primary amides is 1. The van der Waals surface area contributed by atoms with Crippen LogP contribution in [0.4, 0.5) is 0 Å². The zero-order valence-electron chi connectivity index (χ0n) is 10.8. The maximum Gasteiger partial charge on any atom is 0.349 e. The van der Waals surface area contributed by atoms with Crippen molar-refractivity contribution in [2.24, 2.45) is 5.73 Å². The number of rotatable bonds is 4. The molecule has 18 heavy (non-hydrogen) atoms. The van der Waals surface area contributed by atoms with Crippen LogP contribution in [0, 0.1) is 0 Å². The Labute approximate surface area is 110 Å². The van der Waals surface area contributed by atoms with Crippen molar-refractivity contribution in [1.29, 1.82) is 0 Å². The van der Waals surface area contributed by atoms with Gasteiger partial charge in [0.05, 0.1) is 0 Å². The molecule has 100 valence electrons. The summed E-state index contributed by atoms with van der Waals surface area (Å²) in [6, 6.07) is 1.66. The van der Waals surface area contributed by atoms with E-state index in [1.165, 1.54) is 6.92 Å². The number of ether oxygens (including phenoxy) is 1. The smallest absolute Gasteiger partial charge is 0.349 e. The number of carboxylic acids is 1. The number of hydrogen-bond donors (Lipinski definition) is 2. The van der Waals surface area contributed by atoms with Crippen LogP contribution in [-0.2, 0) is 10.2 Å². The molecule has 0 saturated carbocycles. The Morgan fingerprint density at radius 3 is 2.39 bits per heavy atom. The first-order valence-electron chi connectivity index (χ1n) is 5.46.